The molecule has 1 N–H and O–H groups in total. The fourth-order valence-electron chi connectivity index (χ4n) is 3.47. The third-order valence-electron chi connectivity index (χ3n) is 5.03. The molecule has 9 heteroatoms. The number of carbonyl (C=O) groups is 1. The van der Waals surface area contributed by atoms with E-state index in [-0.39, 0.29) is 11.8 Å². The van der Waals surface area contributed by atoms with Crippen molar-refractivity contribution >= 4 is 33.3 Å². The van der Waals surface area contributed by atoms with Crippen LogP contribution in [-0.4, -0.2) is 45.9 Å². The number of nitrogens with one attached hydrogen (secondary N) is 1. The summed E-state index contributed by atoms with van der Waals surface area (Å²) in [5.74, 6) is 1.75. The van der Waals surface area contributed by atoms with Crippen LogP contribution < -0.4 is 15.0 Å². The minimum absolute atomic E-state index is 0.00745. The zero-order valence-electron chi connectivity index (χ0n) is 15.5. The molecule has 0 saturated carbocycles. The van der Waals surface area contributed by atoms with Crippen LogP contribution in [0.15, 0.2) is 41.1 Å². The average molecular weight is 445 g/mol. The van der Waals surface area contributed by atoms with Crippen LogP contribution in [0.2, 0.25) is 0 Å². The van der Waals surface area contributed by atoms with Crippen LogP contribution in [0.1, 0.15) is 18.4 Å². The van der Waals surface area contributed by atoms with Crippen molar-refractivity contribution in [2.24, 2.45) is 5.92 Å². The molecule has 0 unspecified atom stereocenters. The standard InChI is InChI=1S/C19H21BrN6O2/c1-28-16-3-2-15(20)10-14(16)11-21-19(27)13-6-8-25(9-7-13)18-5-4-17-23-22-12-26(17)24-18/h2-5,10,12-13H,6-9,11H2,1H3,(H,21,27). The number of nitrogens with zero attached hydrogens (tertiary/aromatic N) is 5. The van der Waals surface area contributed by atoms with Crippen LogP contribution in [0.25, 0.3) is 5.65 Å². The summed E-state index contributed by atoms with van der Waals surface area (Å²) in [7, 11) is 1.63. The first-order valence-electron chi connectivity index (χ1n) is 9.16. The van der Waals surface area contributed by atoms with Gasteiger partial charge in [-0.1, -0.05) is 15.9 Å². The number of aromatic nitrogens is 4. The number of methoxy groups -OCH3 is 1. The Balaban J connectivity index is 1.33. The van der Waals surface area contributed by atoms with Gasteiger partial charge in [0, 0.05) is 35.6 Å². The fraction of sp³-hybridized carbons (Fsp3) is 0.368. The van der Waals surface area contributed by atoms with Gasteiger partial charge in [-0.05, 0) is 43.2 Å². The lowest BCUT2D eigenvalue weighted by Crippen LogP contribution is -2.40. The van der Waals surface area contributed by atoms with Gasteiger partial charge in [0.15, 0.2) is 5.65 Å². The minimum atomic E-state index is 0.00745. The van der Waals surface area contributed by atoms with Gasteiger partial charge in [0.1, 0.15) is 17.9 Å². The summed E-state index contributed by atoms with van der Waals surface area (Å²) in [5, 5.41) is 15.4. The lowest BCUT2D eigenvalue weighted by molar-refractivity contribution is -0.125. The van der Waals surface area contributed by atoms with Crippen LogP contribution in [0.5, 0.6) is 5.75 Å². The maximum atomic E-state index is 12.6. The second kappa shape index (κ2) is 8.14. The summed E-state index contributed by atoms with van der Waals surface area (Å²) < 4.78 is 8.00. The Morgan fingerprint density at radius 1 is 1.29 bits per heavy atom. The van der Waals surface area contributed by atoms with Crippen LogP contribution in [0.4, 0.5) is 5.82 Å². The van der Waals surface area contributed by atoms with E-state index >= 15 is 0 Å². The molecule has 1 fully saturated rings. The van der Waals surface area contributed by atoms with Gasteiger partial charge in [0.05, 0.1) is 7.11 Å². The fourth-order valence-corrected chi connectivity index (χ4v) is 3.88. The number of ether oxygens (including phenoxy) is 1. The molecule has 0 aliphatic carbocycles. The molecule has 1 aliphatic heterocycles. The molecule has 0 radical (unpaired) electrons. The van der Waals surface area contributed by atoms with Crippen molar-refractivity contribution < 1.29 is 9.53 Å². The molecule has 3 aromatic rings. The van der Waals surface area contributed by atoms with Crippen molar-refractivity contribution in [1.82, 2.24) is 25.1 Å². The van der Waals surface area contributed by atoms with Gasteiger partial charge in [-0.3, -0.25) is 4.79 Å². The van der Waals surface area contributed by atoms with Gasteiger partial charge < -0.3 is 15.0 Å². The molecule has 28 heavy (non-hydrogen) atoms. The van der Waals surface area contributed by atoms with Gasteiger partial charge in [-0.25, -0.2) is 0 Å². The van der Waals surface area contributed by atoms with Gasteiger partial charge in [-0.15, -0.1) is 15.3 Å². The number of carbonyl (C=O) groups excluding carboxylic acids is 1. The molecule has 1 aromatic carbocycles. The van der Waals surface area contributed by atoms with E-state index < -0.39 is 0 Å². The third kappa shape index (κ3) is 3.94. The van der Waals surface area contributed by atoms with Gasteiger partial charge in [0.25, 0.3) is 0 Å². The first kappa shape index (κ1) is 18.7. The summed E-state index contributed by atoms with van der Waals surface area (Å²) >= 11 is 3.46. The number of piperidine rings is 1. The maximum Gasteiger partial charge on any atom is 0.223 e. The summed E-state index contributed by atoms with van der Waals surface area (Å²) in [4.78, 5) is 14.8. The zero-order chi connectivity index (χ0) is 19.5. The van der Waals surface area contributed by atoms with Crippen molar-refractivity contribution in [1.29, 1.82) is 0 Å². The molecule has 3 heterocycles. The van der Waals surface area contributed by atoms with E-state index in [1.807, 2.05) is 30.3 Å². The Kier molecular flexibility index (Phi) is 5.43. The smallest absolute Gasteiger partial charge is 0.223 e. The highest BCUT2D eigenvalue weighted by Crippen LogP contribution is 2.24. The van der Waals surface area contributed by atoms with Gasteiger partial charge >= 0.3 is 0 Å². The van der Waals surface area contributed by atoms with E-state index in [0.717, 1.165) is 53.2 Å². The maximum absolute atomic E-state index is 12.6. The van der Waals surface area contributed by atoms with Crippen LogP contribution in [0.3, 0.4) is 0 Å². The highest BCUT2D eigenvalue weighted by Gasteiger charge is 2.26. The largest absolute Gasteiger partial charge is 0.496 e. The minimum Gasteiger partial charge on any atom is -0.496 e. The monoisotopic (exact) mass is 444 g/mol. The molecule has 0 atom stereocenters. The van der Waals surface area contributed by atoms with E-state index in [4.69, 9.17) is 4.74 Å². The number of benzene rings is 1. The number of halogens is 1. The molecule has 0 spiro atoms. The van der Waals surface area contributed by atoms with Gasteiger partial charge in [0.2, 0.25) is 5.91 Å². The molecule has 1 aliphatic rings. The zero-order valence-corrected chi connectivity index (χ0v) is 17.1. The summed E-state index contributed by atoms with van der Waals surface area (Å²) in [6.07, 6.45) is 3.18. The van der Waals surface area contributed by atoms with Crippen LogP contribution >= 0.6 is 15.9 Å². The van der Waals surface area contributed by atoms with Crippen molar-refractivity contribution in [2.45, 2.75) is 19.4 Å². The average Bonchev–Trinajstić information content (AvgIpc) is 3.20. The quantitative estimate of drug-likeness (QED) is 0.650. The number of rotatable bonds is 5. The van der Waals surface area contributed by atoms with E-state index in [2.05, 4.69) is 41.4 Å². The summed E-state index contributed by atoms with van der Waals surface area (Å²) in [6, 6.07) is 9.63. The summed E-state index contributed by atoms with van der Waals surface area (Å²) in [6.45, 7) is 2.03. The normalized spacial score (nSPS) is 15.0. The third-order valence-corrected chi connectivity index (χ3v) is 5.53. The second-order valence-corrected chi connectivity index (χ2v) is 7.68. The first-order chi connectivity index (χ1) is 13.6. The van der Waals surface area contributed by atoms with Crippen molar-refractivity contribution in [3.8, 4) is 5.75 Å². The molecule has 2 aromatic heterocycles. The van der Waals surface area contributed by atoms with E-state index in [1.165, 1.54) is 0 Å². The van der Waals surface area contributed by atoms with E-state index in [0.29, 0.717) is 6.54 Å². The molecule has 1 saturated heterocycles. The Bertz CT molecular complexity index is 983. The number of anilines is 1. The molecule has 0 bridgehead atoms. The number of hydrogen-bond donors (Lipinski definition) is 1. The SMILES string of the molecule is COc1ccc(Br)cc1CNC(=O)C1CCN(c2ccc3nncn3n2)CC1. The number of hydrogen-bond acceptors (Lipinski definition) is 6. The highest BCUT2D eigenvalue weighted by molar-refractivity contribution is 9.10. The second-order valence-electron chi connectivity index (χ2n) is 6.76. The van der Waals surface area contributed by atoms with Crippen molar-refractivity contribution in [3.05, 3.63) is 46.7 Å². The Morgan fingerprint density at radius 2 is 2.11 bits per heavy atom. The molecular weight excluding hydrogens is 424 g/mol. The van der Waals surface area contributed by atoms with Crippen molar-refractivity contribution in [3.63, 3.8) is 0 Å². The molecular formula is C19H21BrN6O2. The predicted molar refractivity (Wildman–Crippen MR) is 108 cm³/mol. The summed E-state index contributed by atoms with van der Waals surface area (Å²) in [5.41, 5.74) is 1.68. The Labute approximate surface area is 171 Å². The topological polar surface area (TPSA) is 84.6 Å². The number of amides is 1. The first-order valence-corrected chi connectivity index (χ1v) is 9.95. The Hall–Kier alpha value is -2.68. The van der Waals surface area contributed by atoms with E-state index in [9.17, 15) is 4.79 Å². The molecule has 1 amide bonds. The van der Waals surface area contributed by atoms with E-state index in [1.54, 1.807) is 18.0 Å². The lowest BCUT2D eigenvalue weighted by Gasteiger charge is -2.32. The number of fused-ring (bicyclic) bond motifs is 1. The van der Waals surface area contributed by atoms with Gasteiger partial charge in [-0.2, -0.15) is 4.52 Å². The lowest BCUT2D eigenvalue weighted by atomic mass is 9.96. The Morgan fingerprint density at radius 3 is 2.89 bits per heavy atom. The molecule has 4 rings (SSSR count). The van der Waals surface area contributed by atoms with Crippen molar-refractivity contribution in [2.75, 3.05) is 25.1 Å². The molecule has 146 valence electrons. The molecule has 8 nitrogen and oxygen atoms in total. The predicted octanol–water partition coefficient (Wildman–Crippen LogP) is 2.43. The highest BCUT2D eigenvalue weighted by atomic mass is 79.9. The van der Waals surface area contributed by atoms with Crippen LogP contribution in [-0.2, 0) is 11.3 Å². The van der Waals surface area contributed by atoms with Crippen LogP contribution in [0, 0.1) is 5.92 Å².